The third kappa shape index (κ3) is 3.68. The summed E-state index contributed by atoms with van der Waals surface area (Å²) in [6.07, 6.45) is 0. The highest BCUT2D eigenvalue weighted by Gasteiger charge is 2.14. The molecule has 0 aliphatic carbocycles. The zero-order valence-electron chi connectivity index (χ0n) is 10.5. The molecule has 100 valence electrons. The second-order valence-corrected chi connectivity index (χ2v) is 7.95. The van der Waals surface area contributed by atoms with E-state index in [9.17, 15) is 4.79 Å². The number of hydrogen-bond acceptors (Lipinski definition) is 3. The molecule has 0 fully saturated rings. The van der Waals surface area contributed by atoms with Crippen LogP contribution in [-0.2, 0) is 0 Å². The van der Waals surface area contributed by atoms with Gasteiger partial charge in [0, 0.05) is 5.56 Å². The van der Waals surface area contributed by atoms with E-state index in [1.165, 1.54) is 16.9 Å². The Morgan fingerprint density at radius 3 is 2.53 bits per heavy atom. The number of carbonyl (C=O) groups excluding carboxylic acids is 1. The minimum atomic E-state index is -0.0351. The van der Waals surface area contributed by atoms with Crippen LogP contribution >= 0.6 is 43.2 Å². The largest absolute Gasteiger partial charge is 0.485 e. The van der Waals surface area contributed by atoms with Crippen LogP contribution in [0.1, 0.15) is 21.5 Å². The summed E-state index contributed by atoms with van der Waals surface area (Å²) < 4.78 is 7.29. The fourth-order valence-electron chi connectivity index (χ4n) is 1.56. The summed E-state index contributed by atoms with van der Waals surface area (Å²) in [4.78, 5) is 12.0. The number of hydrogen-bond donors (Lipinski definition) is 0. The van der Waals surface area contributed by atoms with Crippen molar-refractivity contribution in [3.8, 4) is 5.75 Å². The smallest absolute Gasteiger partial charge is 0.202 e. The summed E-state index contributed by atoms with van der Waals surface area (Å²) in [6, 6.07) is 7.63. The monoisotopic (exact) mass is 402 g/mol. The zero-order chi connectivity index (χ0) is 14.0. The van der Waals surface area contributed by atoms with Crippen molar-refractivity contribution >= 4 is 49.0 Å². The number of halogens is 2. The number of Topliss-reactive ketones (excluding diaryl/α,β-unsaturated/α-hetero) is 1. The molecule has 0 atom stereocenters. The predicted octanol–water partition coefficient (Wildman–Crippen LogP) is 5.15. The van der Waals surface area contributed by atoms with Crippen LogP contribution in [0.25, 0.3) is 0 Å². The van der Waals surface area contributed by atoms with Gasteiger partial charge in [-0.3, -0.25) is 4.79 Å². The van der Waals surface area contributed by atoms with Crippen LogP contribution in [-0.4, -0.2) is 12.4 Å². The van der Waals surface area contributed by atoms with Crippen molar-refractivity contribution in [2.24, 2.45) is 0 Å². The third-order valence-corrected chi connectivity index (χ3v) is 5.14. The highest BCUT2D eigenvalue weighted by Crippen LogP contribution is 2.32. The van der Waals surface area contributed by atoms with Crippen LogP contribution in [0.5, 0.6) is 5.75 Å². The molecular formula is C14H12Br2O2S. The molecule has 0 aliphatic rings. The Morgan fingerprint density at radius 1 is 1.21 bits per heavy atom. The molecule has 0 spiro atoms. The number of benzene rings is 1. The van der Waals surface area contributed by atoms with Crippen molar-refractivity contribution in [2.75, 3.05) is 6.61 Å². The number of rotatable bonds is 4. The molecule has 0 saturated carbocycles. The van der Waals surface area contributed by atoms with E-state index in [-0.39, 0.29) is 12.4 Å². The van der Waals surface area contributed by atoms with Crippen LogP contribution in [0.15, 0.2) is 31.8 Å². The van der Waals surface area contributed by atoms with E-state index in [1.807, 2.05) is 32.0 Å². The normalized spacial score (nSPS) is 10.5. The molecule has 2 rings (SSSR count). The summed E-state index contributed by atoms with van der Waals surface area (Å²) in [7, 11) is 0. The average Bonchev–Trinajstić information content (AvgIpc) is 2.70. The van der Waals surface area contributed by atoms with Crippen molar-refractivity contribution in [1.82, 2.24) is 0 Å². The summed E-state index contributed by atoms with van der Waals surface area (Å²) in [5.74, 6) is 0.689. The molecule has 1 aromatic carbocycles. The van der Waals surface area contributed by atoms with E-state index >= 15 is 0 Å². The second-order valence-electron chi connectivity index (χ2n) is 4.20. The summed E-state index contributed by atoms with van der Waals surface area (Å²) >= 11 is 8.22. The van der Waals surface area contributed by atoms with Crippen molar-refractivity contribution in [1.29, 1.82) is 0 Å². The molecule has 1 heterocycles. The lowest BCUT2D eigenvalue weighted by atomic mass is 10.1. The van der Waals surface area contributed by atoms with Gasteiger partial charge in [-0.05, 0) is 75.0 Å². The number of carbonyl (C=O) groups is 1. The molecule has 0 N–H and O–H groups in total. The first-order valence-electron chi connectivity index (χ1n) is 5.65. The maximum atomic E-state index is 12.0. The van der Waals surface area contributed by atoms with Gasteiger partial charge in [0.2, 0.25) is 5.78 Å². The maximum Gasteiger partial charge on any atom is 0.202 e. The molecule has 0 unspecified atom stereocenters. The first-order valence-corrected chi connectivity index (χ1v) is 8.05. The van der Waals surface area contributed by atoms with E-state index in [0.717, 1.165) is 18.9 Å². The van der Waals surface area contributed by atoms with Gasteiger partial charge in [-0.1, -0.05) is 6.07 Å². The fourth-order valence-corrected chi connectivity index (χ4v) is 4.42. The first-order chi connectivity index (χ1) is 8.97. The Balaban J connectivity index is 2.04. The number of thiophene rings is 1. The van der Waals surface area contributed by atoms with Gasteiger partial charge in [-0.25, -0.2) is 0 Å². The van der Waals surface area contributed by atoms with Gasteiger partial charge in [0.1, 0.15) is 5.75 Å². The summed E-state index contributed by atoms with van der Waals surface area (Å²) in [5, 5.41) is 0. The Bertz CT molecular complexity index is 620. The van der Waals surface area contributed by atoms with Gasteiger partial charge in [0.25, 0.3) is 0 Å². The maximum absolute atomic E-state index is 12.0. The van der Waals surface area contributed by atoms with Gasteiger partial charge < -0.3 is 4.74 Å². The summed E-state index contributed by atoms with van der Waals surface area (Å²) in [6.45, 7) is 4.12. The Hall–Kier alpha value is -0.650. The predicted molar refractivity (Wildman–Crippen MR) is 85.5 cm³/mol. The topological polar surface area (TPSA) is 26.3 Å². The average molecular weight is 404 g/mol. The Morgan fingerprint density at radius 2 is 1.95 bits per heavy atom. The van der Waals surface area contributed by atoms with Crippen LogP contribution in [0.4, 0.5) is 0 Å². The van der Waals surface area contributed by atoms with Crippen molar-refractivity contribution in [3.05, 3.63) is 48.5 Å². The molecule has 1 aromatic heterocycles. The Labute approximate surface area is 133 Å². The minimum Gasteiger partial charge on any atom is -0.485 e. The Kier molecular flexibility index (Phi) is 4.81. The molecule has 2 aromatic rings. The highest BCUT2D eigenvalue weighted by molar-refractivity contribution is 9.12. The lowest BCUT2D eigenvalue weighted by molar-refractivity contribution is 0.0921. The molecule has 0 aliphatic heterocycles. The van der Waals surface area contributed by atoms with Crippen molar-refractivity contribution in [2.45, 2.75) is 13.8 Å². The first kappa shape index (κ1) is 14.8. The van der Waals surface area contributed by atoms with E-state index in [1.54, 1.807) is 6.07 Å². The standard InChI is InChI=1S/C14H12Br2O2S/c1-8-3-4-10(5-9(8)2)18-7-12(17)11-6-13(15)19-14(11)16/h3-6H,7H2,1-2H3. The highest BCUT2D eigenvalue weighted by atomic mass is 79.9. The molecule has 5 heteroatoms. The van der Waals surface area contributed by atoms with E-state index < -0.39 is 0 Å². The molecule has 0 saturated heterocycles. The number of ether oxygens (including phenoxy) is 1. The van der Waals surface area contributed by atoms with Crippen LogP contribution in [0.2, 0.25) is 0 Å². The number of ketones is 1. The summed E-state index contributed by atoms with van der Waals surface area (Å²) in [5.41, 5.74) is 3.02. The molecule has 0 amide bonds. The zero-order valence-corrected chi connectivity index (χ0v) is 14.5. The van der Waals surface area contributed by atoms with E-state index in [4.69, 9.17) is 4.74 Å². The van der Waals surface area contributed by atoms with Gasteiger partial charge >= 0.3 is 0 Å². The van der Waals surface area contributed by atoms with Crippen LogP contribution in [0, 0.1) is 13.8 Å². The molecule has 19 heavy (non-hydrogen) atoms. The van der Waals surface area contributed by atoms with Crippen LogP contribution in [0.3, 0.4) is 0 Å². The van der Waals surface area contributed by atoms with Crippen molar-refractivity contribution in [3.63, 3.8) is 0 Å². The van der Waals surface area contributed by atoms with Gasteiger partial charge in [0.15, 0.2) is 6.61 Å². The fraction of sp³-hybridized carbons (Fsp3) is 0.214. The lowest BCUT2D eigenvalue weighted by Crippen LogP contribution is -2.11. The second kappa shape index (κ2) is 6.20. The third-order valence-electron chi connectivity index (χ3n) is 2.81. The lowest BCUT2D eigenvalue weighted by Gasteiger charge is -2.07. The van der Waals surface area contributed by atoms with Gasteiger partial charge in [-0.15, -0.1) is 11.3 Å². The SMILES string of the molecule is Cc1ccc(OCC(=O)c2cc(Br)sc2Br)cc1C. The van der Waals surface area contributed by atoms with Gasteiger partial charge in [-0.2, -0.15) is 0 Å². The quantitative estimate of drug-likeness (QED) is 0.659. The number of aryl methyl sites for hydroxylation is 2. The molecule has 0 radical (unpaired) electrons. The van der Waals surface area contributed by atoms with E-state index in [2.05, 4.69) is 31.9 Å². The van der Waals surface area contributed by atoms with E-state index in [0.29, 0.717) is 5.56 Å². The van der Waals surface area contributed by atoms with Gasteiger partial charge in [0.05, 0.1) is 7.57 Å². The molecular weight excluding hydrogens is 392 g/mol. The molecule has 0 bridgehead atoms. The van der Waals surface area contributed by atoms with Crippen molar-refractivity contribution < 1.29 is 9.53 Å². The van der Waals surface area contributed by atoms with Crippen LogP contribution < -0.4 is 4.74 Å². The minimum absolute atomic E-state index is 0.0351. The molecule has 2 nitrogen and oxygen atoms in total.